The van der Waals surface area contributed by atoms with Crippen molar-refractivity contribution in [3.63, 3.8) is 0 Å². The van der Waals surface area contributed by atoms with Crippen molar-refractivity contribution in [2.45, 2.75) is 50.5 Å². The molecular formula is C26H30N2O5. The van der Waals surface area contributed by atoms with Gasteiger partial charge in [-0.05, 0) is 35.1 Å². The van der Waals surface area contributed by atoms with Crippen LogP contribution in [0.1, 0.15) is 56.1 Å². The number of hydrogen-bond donors (Lipinski definition) is 3. The smallest absolute Gasteiger partial charge is 0.407 e. The van der Waals surface area contributed by atoms with Gasteiger partial charge < -0.3 is 20.5 Å². The van der Waals surface area contributed by atoms with E-state index in [1.807, 2.05) is 24.3 Å². The summed E-state index contributed by atoms with van der Waals surface area (Å²) in [6, 6.07) is 16.3. The highest BCUT2D eigenvalue weighted by atomic mass is 16.5. The van der Waals surface area contributed by atoms with E-state index in [0.717, 1.165) is 24.0 Å². The zero-order chi connectivity index (χ0) is 23.4. The summed E-state index contributed by atoms with van der Waals surface area (Å²) in [5.74, 6) is -1.90. The molecule has 0 aromatic heterocycles. The maximum atomic E-state index is 12.8. The van der Waals surface area contributed by atoms with E-state index in [0.29, 0.717) is 12.8 Å². The molecule has 0 bridgehead atoms. The molecule has 0 aliphatic heterocycles. The lowest BCUT2D eigenvalue weighted by molar-refractivity contribution is -0.141. The number of aliphatic carboxylic acids is 1. The van der Waals surface area contributed by atoms with Gasteiger partial charge in [0.15, 0.2) is 0 Å². The Balaban J connectivity index is 1.37. The van der Waals surface area contributed by atoms with Crippen molar-refractivity contribution in [3.05, 3.63) is 59.7 Å². The summed E-state index contributed by atoms with van der Waals surface area (Å²) in [4.78, 5) is 36.2. The van der Waals surface area contributed by atoms with Gasteiger partial charge in [0.25, 0.3) is 0 Å². The molecule has 2 aliphatic rings. The molecule has 174 valence electrons. The number of nitrogens with one attached hydrogen (secondary N) is 2. The number of carboxylic acids is 1. The summed E-state index contributed by atoms with van der Waals surface area (Å²) in [5, 5.41) is 14.6. The highest BCUT2D eigenvalue weighted by Gasteiger charge is 2.38. The number of fused-ring (bicyclic) bond motifs is 3. The lowest BCUT2D eigenvalue weighted by Gasteiger charge is -2.29. The van der Waals surface area contributed by atoms with Crippen LogP contribution in [0.25, 0.3) is 11.1 Å². The van der Waals surface area contributed by atoms with E-state index in [4.69, 9.17) is 9.84 Å². The summed E-state index contributed by atoms with van der Waals surface area (Å²) >= 11 is 0. The van der Waals surface area contributed by atoms with Crippen LogP contribution in [0.15, 0.2) is 48.5 Å². The van der Waals surface area contributed by atoms with Crippen molar-refractivity contribution in [3.8, 4) is 11.1 Å². The Morgan fingerprint density at radius 1 is 1.03 bits per heavy atom. The summed E-state index contributed by atoms with van der Waals surface area (Å²) in [7, 11) is 0. The normalized spacial score (nSPS) is 17.0. The van der Waals surface area contributed by atoms with Crippen molar-refractivity contribution < 1.29 is 24.2 Å². The molecule has 33 heavy (non-hydrogen) atoms. The van der Waals surface area contributed by atoms with Gasteiger partial charge in [0, 0.05) is 18.9 Å². The topological polar surface area (TPSA) is 105 Å². The Hall–Kier alpha value is -3.35. The first kappa shape index (κ1) is 22.8. The molecular weight excluding hydrogens is 420 g/mol. The number of ether oxygens (including phenoxy) is 1. The SMILES string of the molecule is CC(CNC(=O)CC1(NC(=O)OCC2c3ccccc3-c3ccccc32)CCCC1)C(=O)O. The van der Waals surface area contributed by atoms with Crippen LogP contribution in [0.2, 0.25) is 0 Å². The minimum absolute atomic E-state index is 0.0246. The number of carbonyl (C=O) groups excluding carboxylic acids is 2. The molecule has 3 N–H and O–H groups in total. The molecule has 7 heteroatoms. The van der Waals surface area contributed by atoms with Gasteiger partial charge in [-0.2, -0.15) is 0 Å². The maximum absolute atomic E-state index is 12.8. The monoisotopic (exact) mass is 450 g/mol. The maximum Gasteiger partial charge on any atom is 0.407 e. The number of carbonyl (C=O) groups is 3. The first-order chi connectivity index (χ1) is 15.9. The van der Waals surface area contributed by atoms with Crippen LogP contribution < -0.4 is 10.6 Å². The second kappa shape index (κ2) is 9.65. The molecule has 0 saturated heterocycles. The molecule has 1 unspecified atom stereocenters. The minimum atomic E-state index is -0.956. The molecule has 0 radical (unpaired) electrons. The largest absolute Gasteiger partial charge is 0.481 e. The Labute approximate surface area is 193 Å². The molecule has 2 aromatic carbocycles. The summed E-state index contributed by atoms with van der Waals surface area (Å²) in [5.41, 5.74) is 3.98. The van der Waals surface area contributed by atoms with Crippen LogP contribution in [-0.4, -0.2) is 41.8 Å². The molecule has 2 aliphatic carbocycles. The van der Waals surface area contributed by atoms with Gasteiger partial charge in [-0.25, -0.2) is 4.79 Å². The first-order valence-corrected chi connectivity index (χ1v) is 11.5. The Kier molecular flexibility index (Phi) is 6.67. The molecule has 1 saturated carbocycles. The van der Waals surface area contributed by atoms with E-state index in [2.05, 4.69) is 34.9 Å². The summed E-state index contributed by atoms with van der Waals surface area (Å²) in [6.45, 7) is 1.83. The Morgan fingerprint density at radius 3 is 2.18 bits per heavy atom. The highest BCUT2D eigenvalue weighted by molar-refractivity contribution is 5.80. The highest BCUT2D eigenvalue weighted by Crippen LogP contribution is 2.44. The molecule has 1 atom stereocenters. The van der Waals surface area contributed by atoms with E-state index in [1.165, 1.54) is 11.1 Å². The lowest BCUT2D eigenvalue weighted by Crippen LogP contribution is -2.50. The zero-order valence-corrected chi connectivity index (χ0v) is 18.8. The third kappa shape index (κ3) is 5.02. The zero-order valence-electron chi connectivity index (χ0n) is 18.8. The fourth-order valence-corrected chi connectivity index (χ4v) is 4.97. The van der Waals surface area contributed by atoms with Gasteiger partial charge in [0.2, 0.25) is 5.91 Å². The van der Waals surface area contributed by atoms with Gasteiger partial charge in [0.1, 0.15) is 6.61 Å². The van der Waals surface area contributed by atoms with Crippen LogP contribution in [-0.2, 0) is 14.3 Å². The van der Waals surface area contributed by atoms with E-state index in [9.17, 15) is 14.4 Å². The molecule has 2 aromatic rings. The molecule has 4 rings (SSSR count). The van der Waals surface area contributed by atoms with Gasteiger partial charge in [-0.15, -0.1) is 0 Å². The van der Waals surface area contributed by atoms with Gasteiger partial charge in [-0.3, -0.25) is 9.59 Å². The molecule has 1 fully saturated rings. The van der Waals surface area contributed by atoms with Crippen LogP contribution in [0.3, 0.4) is 0 Å². The van der Waals surface area contributed by atoms with Gasteiger partial charge in [-0.1, -0.05) is 68.3 Å². The fourth-order valence-electron chi connectivity index (χ4n) is 4.97. The van der Waals surface area contributed by atoms with E-state index in [1.54, 1.807) is 6.92 Å². The number of alkyl carbamates (subject to hydrolysis) is 1. The number of amides is 2. The lowest BCUT2D eigenvalue weighted by atomic mass is 9.93. The van der Waals surface area contributed by atoms with Crippen molar-refractivity contribution >= 4 is 18.0 Å². The number of hydrogen-bond acceptors (Lipinski definition) is 4. The molecule has 0 spiro atoms. The summed E-state index contributed by atoms with van der Waals surface area (Å²) < 4.78 is 5.68. The Bertz CT molecular complexity index is 999. The summed E-state index contributed by atoms with van der Waals surface area (Å²) in [6.07, 6.45) is 2.82. The minimum Gasteiger partial charge on any atom is -0.481 e. The second-order valence-electron chi connectivity index (χ2n) is 9.16. The van der Waals surface area contributed by atoms with Crippen molar-refractivity contribution in [1.29, 1.82) is 0 Å². The van der Waals surface area contributed by atoms with Crippen molar-refractivity contribution in [2.24, 2.45) is 5.92 Å². The average molecular weight is 451 g/mol. The van der Waals surface area contributed by atoms with Gasteiger partial charge in [0.05, 0.1) is 11.5 Å². The van der Waals surface area contributed by atoms with Crippen LogP contribution in [0.5, 0.6) is 0 Å². The average Bonchev–Trinajstić information content (AvgIpc) is 3.38. The van der Waals surface area contributed by atoms with Crippen LogP contribution >= 0.6 is 0 Å². The predicted octanol–water partition coefficient (Wildman–Crippen LogP) is 4.06. The quantitative estimate of drug-likeness (QED) is 0.562. The van der Waals surface area contributed by atoms with Crippen molar-refractivity contribution in [1.82, 2.24) is 10.6 Å². The third-order valence-corrected chi connectivity index (χ3v) is 6.80. The standard InChI is InChI=1S/C26H30N2O5/c1-17(24(30)31)15-27-23(29)14-26(12-6-7-13-26)28-25(32)33-16-22-20-10-4-2-8-18(20)19-9-3-5-11-21(19)22/h2-5,8-11,17,22H,6-7,12-16H2,1H3,(H,27,29)(H,28,32)(H,30,31). The first-order valence-electron chi connectivity index (χ1n) is 11.5. The van der Waals surface area contributed by atoms with E-state index in [-0.39, 0.29) is 31.4 Å². The number of benzene rings is 2. The van der Waals surface area contributed by atoms with E-state index >= 15 is 0 Å². The fraction of sp³-hybridized carbons (Fsp3) is 0.423. The van der Waals surface area contributed by atoms with Crippen LogP contribution in [0.4, 0.5) is 4.79 Å². The number of rotatable bonds is 8. The Morgan fingerprint density at radius 2 is 1.61 bits per heavy atom. The van der Waals surface area contributed by atoms with Crippen molar-refractivity contribution in [2.75, 3.05) is 13.2 Å². The molecule has 2 amide bonds. The molecule has 7 nitrogen and oxygen atoms in total. The number of carboxylic acid groups (broad SMARTS) is 1. The second-order valence-corrected chi connectivity index (χ2v) is 9.16. The van der Waals surface area contributed by atoms with Crippen LogP contribution in [0, 0.1) is 5.92 Å². The third-order valence-electron chi connectivity index (χ3n) is 6.80. The van der Waals surface area contributed by atoms with Gasteiger partial charge >= 0.3 is 12.1 Å². The van der Waals surface area contributed by atoms with E-state index < -0.39 is 23.5 Å². The predicted molar refractivity (Wildman–Crippen MR) is 124 cm³/mol. The molecule has 0 heterocycles.